The Balaban J connectivity index is 0.000000728. The number of hydrogen-bond donors (Lipinski definition) is 1. The summed E-state index contributed by atoms with van der Waals surface area (Å²) in [5.41, 5.74) is 9.27. The first-order valence-electron chi connectivity index (χ1n) is 13.3. The third-order valence-corrected chi connectivity index (χ3v) is 9.63. The normalized spacial score (nSPS) is 37.2. The van der Waals surface area contributed by atoms with Crippen molar-refractivity contribution in [1.82, 2.24) is 9.88 Å². The van der Waals surface area contributed by atoms with Gasteiger partial charge in [-0.25, -0.2) is 0 Å². The fourth-order valence-corrected chi connectivity index (χ4v) is 7.94. The van der Waals surface area contributed by atoms with E-state index in [1.54, 1.807) is 5.57 Å². The van der Waals surface area contributed by atoms with Crippen LogP contribution in [-0.4, -0.2) is 36.4 Å². The summed E-state index contributed by atoms with van der Waals surface area (Å²) in [5.74, 6) is 3.38. The molecule has 0 aromatic carbocycles. The molecular weight excluding hydrogens is 406 g/mol. The largest absolute Gasteiger partial charge is 0.345 e. The first-order valence-corrected chi connectivity index (χ1v) is 13.3. The molecule has 0 radical (unpaired) electrons. The molecule has 5 rings (SSSR count). The molecule has 1 aromatic rings. The van der Waals surface area contributed by atoms with E-state index in [1.807, 2.05) is 32.0 Å². The summed E-state index contributed by atoms with van der Waals surface area (Å²) in [7, 11) is 3.52. The monoisotopic (exact) mass is 453 g/mol. The number of amides is 1. The quantitative estimate of drug-likeness (QED) is 0.559. The highest BCUT2D eigenvalue weighted by atomic mass is 16.2. The summed E-state index contributed by atoms with van der Waals surface area (Å²) in [6.07, 6.45) is 14.9. The molecule has 1 aromatic heterocycles. The van der Waals surface area contributed by atoms with E-state index in [2.05, 4.69) is 49.8 Å². The van der Waals surface area contributed by atoms with Crippen LogP contribution in [0.3, 0.4) is 0 Å². The van der Waals surface area contributed by atoms with Gasteiger partial charge in [-0.15, -0.1) is 0 Å². The number of rotatable bonds is 1. The minimum absolute atomic E-state index is 0.289. The van der Waals surface area contributed by atoms with Crippen LogP contribution in [0.25, 0.3) is 5.57 Å². The Labute approximate surface area is 202 Å². The van der Waals surface area contributed by atoms with Crippen LogP contribution < -0.4 is 5.73 Å². The molecule has 6 unspecified atom stereocenters. The molecule has 2 heterocycles. The predicted molar refractivity (Wildman–Crippen MR) is 139 cm³/mol. The molecule has 4 nitrogen and oxygen atoms in total. The van der Waals surface area contributed by atoms with E-state index < -0.39 is 0 Å². The number of aryl methyl sites for hydroxylation is 1. The Kier molecular flexibility index (Phi) is 8.09. The number of nitrogens with two attached hydrogens (primary N) is 1. The van der Waals surface area contributed by atoms with E-state index >= 15 is 0 Å². The molecule has 2 N–H and O–H groups in total. The van der Waals surface area contributed by atoms with Gasteiger partial charge in [-0.2, -0.15) is 0 Å². The van der Waals surface area contributed by atoms with Gasteiger partial charge < -0.3 is 10.6 Å². The van der Waals surface area contributed by atoms with E-state index in [9.17, 15) is 4.79 Å². The average Bonchev–Trinajstić information content (AvgIpc) is 3.13. The fourth-order valence-electron chi connectivity index (χ4n) is 7.94. The van der Waals surface area contributed by atoms with E-state index in [1.165, 1.54) is 50.3 Å². The van der Waals surface area contributed by atoms with Crippen molar-refractivity contribution in [2.75, 3.05) is 20.6 Å². The van der Waals surface area contributed by atoms with Gasteiger partial charge in [0.2, 0.25) is 5.91 Å². The van der Waals surface area contributed by atoms with E-state index in [-0.39, 0.29) is 5.41 Å². The van der Waals surface area contributed by atoms with Gasteiger partial charge in [0.1, 0.15) is 0 Å². The molecule has 1 amide bonds. The summed E-state index contributed by atoms with van der Waals surface area (Å²) in [4.78, 5) is 18.9. The zero-order valence-corrected chi connectivity index (χ0v) is 22.2. The highest BCUT2D eigenvalue weighted by molar-refractivity contribution is 5.76. The zero-order chi connectivity index (χ0) is 24.4. The summed E-state index contributed by atoms with van der Waals surface area (Å²) < 4.78 is 0. The predicted octanol–water partition coefficient (Wildman–Crippen LogP) is 6.10. The van der Waals surface area contributed by atoms with Gasteiger partial charge in [0.15, 0.2) is 0 Å². The van der Waals surface area contributed by atoms with E-state index in [4.69, 9.17) is 0 Å². The van der Waals surface area contributed by atoms with Crippen LogP contribution in [0.15, 0.2) is 24.5 Å². The number of fused-ring (bicyclic) bond motifs is 5. The van der Waals surface area contributed by atoms with Crippen LogP contribution in [0.4, 0.5) is 0 Å². The molecule has 4 aliphatic rings. The maximum Gasteiger partial charge on any atom is 0.222 e. The van der Waals surface area contributed by atoms with Gasteiger partial charge in [0.25, 0.3) is 0 Å². The Morgan fingerprint density at radius 2 is 1.79 bits per heavy atom. The second kappa shape index (κ2) is 10.3. The molecule has 33 heavy (non-hydrogen) atoms. The van der Waals surface area contributed by atoms with Crippen LogP contribution in [0.1, 0.15) is 83.8 Å². The summed E-state index contributed by atoms with van der Waals surface area (Å²) >= 11 is 0. The van der Waals surface area contributed by atoms with Gasteiger partial charge in [-0.3, -0.25) is 9.78 Å². The van der Waals surface area contributed by atoms with Crippen molar-refractivity contribution in [2.24, 2.45) is 40.2 Å². The zero-order valence-electron chi connectivity index (χ0n) is 22.2. The molecule has 1 aliphatic heterocycles. The lowest BCUT2D eigenvalue weighted by Gasteiger charge is -2.58. The average molecular weight is 454 g/mol. The maximum absolute atomic E-state index is 12.4. The lowest BCUT2D eigenvalue weighted by molar-refractivity contribution is -0.129. The molecule has 1 saturated heterocycles. The number of aromatic nitrogens is 1. The molecule has 4 heteroatoms. The van der Waals surface area contributed by atoms with Crippen LogP contribution in [0.5, 0.6) is 0 Å². The molecule has 0 bridgehead atoms. The van der Waals surface area contributed by atoms with Gasteiger partial charge in [0, 0.05) is 32.4 Å². The molecule has 3 aliphatic carbocycles. The smallest absolute Gasteiger partial charge is 0.222 e. The Hall–Kier alpha value is -1.68. The van der Waals surface area contributed by atoms with Crippen LogP contribution >= 0.6 is 0 Å². The van der Waals surface area contributed by atoms with Crippen molar-refractivity contribution in [3.05, 3.63) is 35.7 Å². The molecule has 3 fully saturated rings. The second-order valence-electron chi connectivity index (χ2n) is 11.0. The maximum atomic E-state index is 12.4. The minimum atomic E-state index is 0.289. The highest BCUT2D eigenvalue weighted by Gasteiger charge is 2.58. The van der Waals surface area contributed by atoms with Crippen molar-refractivity contribution in [2.45, 2.75) is 79.6 Å². The minimum Gasteiger partial charge on any atom is -0.345 e. The SMILES string of the molecule is CC.CN.Cc1cncc(C2=CCC3C4CCC5CN(C)C(=O)CCC5(C)C4CCC23C)c1. The topological polar surface area (TPSA) is 59.2 Å². The van der Waals surface area contributed by atoms with Gasteiger partial charge >= 0.3 is 0 Å². The first-order chi connectivity index (χ1) is 15.8. The van der Waals surface area contributed by atoms with Crippen LogP contribution in [0.2, 0.25) is 0 Å². The van der Waals surface area contributed by atoms with Crippen molar-refractivity contribution in [1.29, 1.82) is 0 Å². The Morgan fingerprint density at radius 3 is 2.48 bits per heavy atom. The number of carbonyl (C=O) groups excluding carboxylic acids is 1. The number of nitrogens with zero attached hydrogens (tertiary/aromatic N) is 2. The highest BCUT2D eigenvalue weighted by Crippen LogP contribution is 2.66. The lowest BCUT2D eigenvalue weighted by Crippen LogP contribution is -2.52. The fraction of sp³-hybridized carbons (Fsp3) is 0.724. The van der Waals surface area contributed by atoms with Crippen LogP contribution in [0, 0.1) is 41.4 Å². The van der Waals surface area contributed by atoms with Gasteiger partial charge in [0.05, 0.1) is 0 Å². The van der Waals surface area contributed by atoms with Crippen molar-refractivity contribution in [3.63, 3.8) is 0 Å². The van der Waals surface area contributed by atoms with E-state index in [0.717, 1.165) is 37.1 Å². The summed E-state index contributed by atoms with van der Waals surface area (Å²) in [5, 5.41) is 0. The molecule has 2 saturated carbocycles. The summed E-state index contributed by atoms with van der Waals surface area (Å²) in [6, 6.07) is 2.32. The number of pyridine rings is 1. The Bertz CT molecular complexity index is 864. The first kappa shape index (κ1) is 25.9. The lowest BCUT2D eigenvalue weighted by atomic mass is 9.46. The number of hydrogen-bond acceptors (Lipinski definition) is 3. The third kappa shape index (κ3) is 4.40. The molecular formula is C29H47N3O. The van der Waals surface area contributed by atoms with E-state index in [0.29, 0.717) is 17.2 Å². The van der Waals surface area contributed by atoms with Crippen molar-refractivity contribution < 1.29 is 4.79 Å². The Morgan fingerprint density at radius 1 is 1.06 bits per heavy atom. The number of likely N-dealkylation sites (tertiary alicyclic amines) is 1. The number of carbonyl (C=O) groups is 1. The van der Waals surface area contributed by atoms with Crippen LogP contribution in [-0.2, 0) is 4.79 Å². The number of allylic oxidation sites excluding steroid dienone is 2. The molecule has 6 atom stereocenters. The van der Waals surface area contributed by atoms with Crippen molar-refractivity contribution >= 4 is 11.5 Å². The van der Waals surface area contributed by atoms with Gasteiger partial charge in [-0.1, -0.05) is 33.8 Å². The molecule has 184 valence electrons. The van der Waals surface area contributed by atoms with Gasteiger partial charge in [-0.05, 0) is 110 Å². The summed E-state index contributed by atoms with van der Waals surface area (Å²) in [6.45, 7) is 12.2. The molecule has 0 spiro atoms. The third-order valence-electron chi connectivity index (χ3n) is 9.63. The second-order valence-corrected chi connectivity index (χ2v) is 11.0. The van der Waals surface area contributed by atoms with Crippen molar-refractivity contribution in [3.8, 4) is 0 Å². The standard InChI is InChI=1S/C26H36N2O.C2H6.CH5N/c1-17-13-18(15-27-14-17)21-7-8-22-20-6-5-19-16-28(4)24(29)10-12-25(19,2)23(20)9-11-26(21,22)3;2*1-2/h7,13-15,19-20,22-23H,5-6,8-12,16H2,1-4H3;1-2H3;2H2,1H3.